The average molecular weight is 287 g/mol. The molecule has 1 rings (SSSR count). The van der Waals surface area contributed by atoms with Gasteiger partial charge in [-0.15, -0.1) is 0 Å². The summed E-state index contributed by atoms with van der Waals surface area (Å²) >= 11 is 10.5. The molecule has 0 heterocycles. The highest BCUT2D eigenvalue weighted by atomic mass is 35.5. The van der Waals surface area contributed by atoms with Gasteiger partial charge >= 0.3 is 0 Å². The smallest absolute Gasteiger partial charge is 0.251 e. The SMILES string of the molecule is NC(=S)CCCCNC(=O)c1ccc(O)c(Cl)c1. The molecule has 0 spiro atoms. The van der Waals surface area contributed by atoms with E-state index in [0.717, 1.165) is 12.8 Å². The number of halogens is 1. The Labute approximate surface area is 116 Å². The van der Waals surface area contributed by atoms with E-state index in [4.69, 9.17) is 29.6 Å². The number of nitrogens with one attached hydrogen (secondary N) is 1. The van der Waals surface area contributed by atoms with Crippen molar-refractivity contribution < 1.29 is 9.90 Å². The van der Waals surface area contributed by atoms with Gasteiger partial charge in [-0.1, -0.05) is 23.8 Å². The molecule has 6 heteroatoms. The van der Waals surface area contributed by atoms with Crippen LogP contribution in [0.4, 0.5) is 0 Å². The van der Waals surface area contributed by atoms with Crippen molar-refractivity contribution >= 4 is 34.7 Å². The fourth-order valence-electron chi connectivity index (χ4n) is 1.38. The molecule has 4 N–H and O–H groups in total. The Bertz CT molecular complexity index is 452. The first kappa shape index (κ1) is 14.7. The van der Waals surface area contributed by atoms with Gasteiger partial charge in [0.15, 0.2) is 0 Å². The van der Waals surface area contributed by atoms with Crippen LogP contribution in [-0.4, -0.2) is 22.5 Å². The molecule has 0 saturated heterocycles. The van der Waals surface area contributed by atoms with E-state index in [1.54, 1.807) is 0 Å². The molecule has 0 aromatic heterocycles. The van der Waals surface area contributed by atoms with Gasteiger partial charge in [0.25, 0.3) is 5.91 Å². The molecule has 0 radical (unpaired) electrons. The van der Waals surface area contributed by atoms with Gasteiger partial charge in [0.05, 0.1) is 10.0 Å². The number of thiocarbonyl (C=S) groups is 1. The number of carbonyl (C=O) groups is 1. The molecule has 0 fully saturated rings. The number of rotatable bonds is 6. The topological polar surface area (TPSA) is 75.3 Å². The first-order valence-electron chi connectivity index (χ1n) is 5.55. The molecular weight excluding hydrogens is 272 g/mol. The van der Waals surface area contributed by atoms with Crippen LogP contribution >= 0.6 is 23.8 Å². The van der Waals surface area contributed by atoms with Gasteiger partial charge in [0, 0.05) is 12.1 Å². The van der Waals surface area contributed by atoms with Crippen LogP contribution in [0, 0.1) is 0 Å². The Kier molecular flexibility index (Phi) is 5.88. The van der Waals surface area contributed by atoms with E-state index in [2.05, 4.69) is 5.32 Å². The first-order chi connectivity index (χ1) is 8.50. The van der Waals surface area contributed by atoms with Crippen molar-refractivity contribution in [2.24, 2.45) is 5.73 Å². The zero-order valence-electron chi connectivity index (χ0n) is 9.78. The Morgan fingerprint density at radius 1 is 1.44 bits per heavy atom. The molecule has 0 aliphatic heterocycles. The fraction of sp³-hybridized carbons (Fsp3) is 0.333. The summed E-state index contributed by atoms with van der Waals surface area (Å²) in [5, 5.41) is 12.2. The quantitative estimate of drug-likeness (QED) is 0.554. The fourth-order valence-corrected chi connectivity index (χ4v) is 1.70. The third kappa shape index (κ3) is 4.89. The molecule has 1 amide bonds. The minimum absolute atomic E-state index is 0.0373. The third-order valence-corrected chi connectivity index (χ3v) is 2.85. The van der Waals surface area contributed by atoms with Crippen LogP contribution in [0.15, 0.2) is 18.2 Å². The summed E-state index contributed by atoms with van der Waals surface area (Å²) in [5.74, 6) is -0.253. The lowest BCUT2D eigenvalue weighted by Crippen LogP contribution is -2.24. The molecule has 0 aliphatic carbocycles. The van der Waals surface area contributed by atoms with Crippen LogP contribution in [0.5, 0.6) is 5.75 Å². The molecule has 0 bridgehead atoms. The van der Waals surface area contributed by atoms with Crippen LogP contribution in [0.25, 0.3) is 0 Å². The monoisotopic (exact) mass is 286 g/mol. The van der Waals surface area contributed by atoms with E-state index in [1.165, 1.54) is 18.2 Å². The van der Waals surface area contributed by atoms with Crippen molar-refractivity contribution in [1.82, 2.24) is 5.32 Å². The average Bonchev–Trinajstić information content (AvgIpc) is 2.31. The van der Waals surface area contributed by atoms with Gasteiger partial charge in [0.2, 0.25) is 0 Å². The first-order valence-corrected chi connectivity index (χ1v) is 6.34. The predicted octanol–water partition coefficient (Wildman–Crippen LogP) is 2.23. The van der Waals surface area contributed by atoms with Crippen LogP contribution in [0.3, 0.4) is 0 Å². The number of aromatic hydroxyl groups is 1. The summed E-state index contributed by atoms with van der Waals surface area (Å²) in [4.78, 5) is 12.2. The van der Waals surface area contributed by atoms with E-state index < -0.39 is 0 Å². The molecule has 1 aromatic rings. The Morgan fingerprint density at radius 3 is 2.78 bits per heavy atom. The maximum atomic E-state index is 11.7. The number of phenols is 1. The van der Waals surface area contributed by atoms with E-state index >= 15 is 0 Å². The summed E-state index contributed by atoms with van der Waals surface area (Å²) in [5.41, 5.74) is 5.79. The highest BCUT2D eigenvalue weighted by Gasteiger charge is 2.07. The van der Waals surface area contributed by atoms with Crippen molar-refractivity contribution in [1.29, 1.82) is 0 Å². The van der Waals surface area contributed by atoms with Crippen molar-refractivity contribution in [2.75, 3.05) is 6.54 Å². The third-order valence-electron chi connectivity index (χ3n) is 2.35. The number of hydrogen-bond donors (Lipinski definition) is 3. The number of phenolic OH excluding ortho intramolecular Hbond substituents is 1. The van der Waals surface area contributed by atoms with Crippen LogP contribution in [0.1, 0.15) is 29.6 Å². The van der Waals surface area contributed by atoms with Crippen LogP contribution in [0.2, 0.25) is 5.02 Å². The van der Waals surface area contributed by atoms with Crippen LogP contribution in [-0.2, 0) is 0 Å². The number of amides is 1. The van der Waals surface area contributed by atoms with Crippen molar-refractivity contribution in [3.05, 3.63) is 28.8 Å². The second-order valence-corrected chi connectivity index (χ2v) is 4.78. The van der Waals surface area contributed by atoms with Crippen LogP contribution < -0.4 is 11.1 Å². The zero-order chi connectivity index (χ0) is 13.5. The van der Waals surface area contributed by atoms with Crippen molar-refractivity contribution in [2.45, 2.75) is 19.3 Å². The second kappa shape index (κ2) is 7.18. The van der Waals surface area contributed by atoms with E-state index in [-0.39, 0.29) is 16.7 Å². The number of hydrogen-bond acceptors (Lipinski definition) is 3. The number of nitrogens with two attached hydrogens (primary N) is 1. The lowest BCUT2D eigenvalue weighted by molar-refractivity contribution is 0.0953. The van der Waals surface area contributed by atoms with E-state index in [0.29, 0.717) is 23.5 Å². The molecule has 4 nitrogen and oxygen atoms in total. The Morgan fingerprint density at radius 2 is 2.17 bits per heavy atom. The van der Waals surface area contributed by atoms with E-state index in [9.17, 15) is 9.90 Å². The Hall–Kier alpha value is -1.33. The van der Waals surface area contributed by atoms with Gasteiger partial charge in [0.1, 0.15) is 5.75 Å². The van der Waals surface area contributed by atoms with E-state index in [1.807, 2.05) is 0 Å². The largest absolute Gasteiger partial charge is 0.506 e. The Balaban J connectivity index is 2.36. The molecule has 0 saturated carbocycles. The normalized spacial score (nSPS) is 10.1. The number of unbranched alkanes of at least 4 members (excludes halogenated alkanes) is 1. The molecule has 1 aromatic carbocycles. The highest BCUT2D eigenvalue weighted by Crippen LogP contribution is 2.23. The summed E-state index contributed by atoms with van der Waals surface area (Å²) in [7, 11) is 0. The number of benzene rings is 1. The highest BCUT2D eigenvalue weighted by molar-refractivity contribution is 7.80. The lowest BCUT2D eigenvalue weighted by Gasteiger charge is -2.06. The minimum Gasteiger partial charge on any atom is -0.506 e. The molecule has 0 aliphatic rings. The summed E-state index contributed by atoms with van der Waals surface area (Å²) < 4.78 is 0. The maximum Gasteiger partial charge on any atom is 0.251 e. The minimum atomic E-state index is -0.216. The lowest BCUT2D eigenvalue weighted by atomic mass is 10.2. The molecular formula is C12H15ClN2O2S. The number of carbonyl (C=O) groups excluding carboxylic acids is 1. The van der Waals surface area contributed by atoms with Gasteiger partial charge in [-0.25, -0.2) is 0 Å². The van der Waals surface area contributed by atoms with Crippen molar-refractivity contribution in [3.63, 3.8) is 0 Å². The molecule has 98 valence electrons. The molecule has 18 heavy (non-hydrogen) atoms. The van der Waals surface area contributed by atoms with Crippen molar-refractivity contribution in [3.8, 4) is 5.75 Å². The van der Waals surface area contributed by atoms with Gasteiger partial charge in [-0.2, -0.15) is 0 Å². The molecule has 0 unspecified atom stereocenters. The zero-order valence-corrected chi connectivity index (χ0v) is 11.4. The summed E-state index contributed by atoms with van der Waals surface area (Å²) in [6, 6.07) is 4.34. The van der Waals surface area contributed by atoms with Gasteiger partial charge < -0.3 is 16.2 Å². The van der Waals surface area contributed by atoms with Gasteiger partial charge in [-0.05, 0) is 37.5 Å². The predicted molar refractivity (Wildman–Crippen MR) is 76.1 cm³/mol. The van der Waals surface area contributed by atoms with Gasteiger partial charge in [-0.3, -0.25) is 4.79 Å². The maximum absolute atomic E-state index is 11.7. The summed E-state index contributed by atoms with van der Waals surface area (Å²) in [6.45, 7) is 0.555. The summed E-state index contributed by atoms with van der Waals surface area (Å²) in [6.07, 6.45) is 2.36. The molecule has 0 atom stereocenters. The second-order valence-electron chi connectivity index (χ2n) is 3.85. The standard InChI is InChI=1S/C12H15ClN2O2S/c13-9-7-8(4-5-10(9)16)12(17)15-6-2-1-3-11(14)18/h4-5,7,16H,1-3,6H2,(H2,14,18)(H,15,17).